The van der Waals surface area contributed by atoms with Gasteiger partial charge in [0.2, 0.25) is 5.91 Å². The van der Waals surface area contributed by atoms with Gasteiger partial charge < -0.3 is 19.7 Å². The molecule has 0 saturated carbocycles. The van der Waals surface area contributed by atoms with Gasteiger partial charge in [0.1, 0.15) is 11.5 Å². The Morgan fingerprint density at radius 1 is 1.27 bits per heavy atom. The van der Waals surface area contributed by atoms with Crippen molar-refractivity contribution < 1.29 is 14.3 Å². The van der Waals surface area contributed by atoms with Crippen LogP contribution in [0.2, 0.25) is 0 Å². The number of amides is 1. The highest BCUT2D eigenvalue weighted by atomic mass is 35.5. The maximum atomic E-state index is 13.0. The minimum Gasteiger partial charge on any atom is -0.497 e. The monoisotopic (exact) mass is 383 g/mol. The molecule has 0 bridgehead atoms. The van der Waals surface area contributed by atoms with E-state index in [0.717, 1.165) is 56.1 Å². The van der Waals surface area contributed by atoms with Crippen LogP contribution in [0.15, 0.2) is 18.2 Å². The molecule has 2 aliphatic heterocycles. The Balaban J connectivity index is 0.00000243. The van der Waals surface area contributed by atoms with Gasteiger partial charge in [-0.05, 0) is 31.9 Å². The molecule has 1 N–H and O–H groups in total. The first kappa shape index (κ1) is 20.8. The molecular weight excluding hydrogens is 354 g/mol. The van der Waals surface area contributed by atoms with E-state index in [1.165, 1.54) is 0 Å². The van der Waals surface area contributed by atoms with Crippen LogP contribution in [-0.4, -0.2) is 68.7 Å². The van der Waals surface area contributed by atoms with Gasteiger partial charge >= 0.3 is 0 Å². The summed E-state index contributed by atoms with van der Waals surface area (Å²) in [5.74, 6) is 1.78. The Morgan fingerprint density at radius 3 is 2.77 bits per heavy atom. The lowest BCUT2D eigenvalue weighted by molar-refractivity contribution is -0.134. The largest absolute Gasteiger partial charge is 0.497 e. The lowest BCUT2D eigenvalue weighted by Gasteiger charge is -2.35. The second kappa shape index (κ2) is 9.44. The van der Waals surface area contributed by atoms with Crippen molar-refractivity contribution in [2.24, 2.45) is 0 Å². The molecule has 26 heavy (non-hydrogen) atoms. The summed E-state index contributed by atoms with van der Waals surface area (Å²) < 4.78 is 10.8. The van der Waals surface area contributed by atoms with E-state index in [4.69, 9.17) is 9.47 Å². The molecule has 1 aromatic rings. The van der Waals surface area contributed by atoms with Crippen molar-refractivity contribution in [2.75, 3.05) is 46.9 Å². The van der Waals surface area contributed by atoms with E-state index >= 15 is 0 Å². The van der Waals surface area contributed by atoms with Gasteiger partial charge in [0.15, 0.2) is 0 Å². The fraction of sp³-hybridized carbons (Fsp3) is 0.632. The first-order chi connectivity index (χ1) is 12.1. The molecule has 1 aromatic carbocycles. The van der Waals surface area contributed by atoms with Crippen molar-refractivity contribution >= 4 is 18.3 Å². The third-order valence-corrected chi connectivity index (χ3v) is 5.35. The number of carbonyl (C=O) groups is 1. The minimum absolute atomic E-state index is 0. The quantitative estimate of drug-likeness (QED) is 0.843. The van der Waals surface area contributed by atoms with Crippen LogP contribution in [0.4, 0.5) is 0 Å². The molecule has 0 aliphatic carbocycles. The summed E-state index contributed by atoms with van der Waals surface area (Å²) in [5.41, 5.74) is 1.07. The standard InChI is InChI=1S/C19H29N3O3.ClH/c1-14-12-20-8-10-21(14)13-19(23)22-9-4-5-17(22)16-7-6-15(24-2)11-18(16)25-3;/h6-7,11,14,17,20H,4-5,8-10,12-13H2,1-3H3;1H/t14-,17?;/m0./s1. The predicted octanol–water partition coefficient (Wildman–Crippen LogP) is 2.08. The second-order valence-electron chi connectivity index (χ2n) is 6.88. The molecule has 0 spiro atoms. The molecule has 1 unspecified atom stereocenters. The van der Waals surface area contributed by atoms with Gasteiger partial charge in [0.05, 0.1) is 26.8 Å². The molecule has 0 radical (unpaired) electrons. The topological polar surface area (TPSA) is 54.0 Å². The van der Waals surface area contributed by atoms with Crippen LogP contribution in [0, 0.1) is 0 Å². The Hall–Kier alpha value is -1.50. The maximum Gasteiger partial charge on any atom is 0.237 e. The van der Waals surface area contributed by atoms with Gasteiger partial charge in [-0.3, -0.25) is 9.69 Å². The number of benzene rings is 1. The molecule has 2 heterocycles. The molecule has 2 fully saturated rings. The van der Waals surface area contributed by atoms with Gasteiger partial charge in [0.25, 0.3) is 0 Å². The van der Waals surface area contributed by atoms with E-state index < -0.39 is 0 Å². The van der Waals surface area contributed by atoms with Crippen LogP contribution < -0.4 is 14.8 Å². The molecule has 3 rings (SSSR count). The van der Waals surface area contributed by atoms with Gasteiger partial charge in [-0.2, -0.15) is 0 Å². The van der Waals surface area contributed by atoms with Gasteiger partial charge in [-0.25, -0.2) is 0 Å². The first-order valence-corrected chi connectivity index (χ1v) is 9.10. The van der Waals surface area contributed by atoms with Crippen molar-refractivity contribution in [2.45, 2.75) is 31.8 Å². The first-order valence-electron chi connectivity index (χ1n) is 9.10. The van der Waals surface area contributed by atoms with E-state index in [2.05, 4.69) is 17.1 Å². The maximum absolute atomic E-state index is 13.0. The van der Waals surface area contributed by atoms with Gasteiger partial charge in [-0.15, -0.1) is 12.4 Å². The number of methoxy groups -OCH3 is 2. The smallest absolute Gasteiger partial charge is 0.237 e. The number of nitrogens with zero attached hydrogens (tertiary/aromatic N) is 2. The number of nitrogens with one attached hydrogen (secondary N) is 1. The van der Waals surface area contributed by atoms with E-state index in [-0.39, 0.29) is 24.4 Å². The molecule has 2 atom stereocenters. The summed E-state index contributed by atoms with van der Waals surface area (Å²) in [6, 6.07) is 6.36. The SMILES string of the molecule is COc1ccc(C2CCCN2C(=O)CN2CCNC[C@@H]2C)c(OC)c1.Cl. The average Bonchev–Trinajstić information content (AvgIpc) is 3.12. The van der Waals surface area contributed by atoms with E-state index in [9.17, 15) is 4.79 Å². The number of likely N-dealkylation sites (tertiary alicyclic amines) is 1. The average molecular weight is 384 g/mol. The van der Waals surface area contributed by atoms with Crippen LogP contribution >= 0.6 is 12.4 Å². The number of ether oxygens (including phenoxy) is 2. The van der Waals surface area contributed by atoms with Crippen molar-refractivity contribution in [3.8, 4) is 11.5 Å². The minimum atomic E-state index is 0. The highest BCUT2D eigenvalue weighted by Crippen LogP contribution is 2.38. The molecule has 7 heteroatoms. The summed E-state index contributed by atoms with van der Waals surface area (Å²) in [5, 5.41) is 3.37. The van der Waals surface area contributed by atoms with E-state index in [0.29, 0.717) is 12.6 Å². The lowest BCUT2D eigenvalue weighted by Crippen LogP contribution is -2.53. The summed E-state index contributed by atoms with van der Waals surface area (Å²) in [7, 11) is 3.32. The zero-order chi connectivity index (χ0) is 17.8. The van der Waals surface area contributed by atoms with Crippen molar-refractivity contribution in [1.82, 2.24) is 15.1 Å². The van der Waals surface area contributed by atoms with Crippen molar-refractivity contribution in [3.05, 3.63) is 23.8 Å². The number of hydrogen-bond acceptors (Lipinski definition) is 5. The summed E-state index contributed by atoms with van der Waals surface area (Å²) >= 11 is 0. The lowest BCUT2D eigenvalue weighted by atomic mass is 10.0. The van der Waals surface area contributed by atoms with Crippen molar-refractivity contribution in [3.63, 3.8) is 0 Å². The predicted molar refractivity (Wildman–Crippen MR) is 104 cm³/mol. The fourth-order valence-corrected chi connectivity index (χ4v) is 3.86. The van der Waals surface area contributed by atoms with Crippen molar-refractivity contribution in [1.29, 1.82) is 0 Å². The number of halogens is 1. The summed E-state index contributed by atoms with van der Waals surface area (Å²) in [6.45, 7) is 6.32. The number of hydrogen-bond donors (Lipinski definition) is 1. The van der Waals surface area contributed by atoms with Gasteiger partial charge in [0, 0.05) is 43.9 Å². The molecular formula is C19H30ClN3O3. The van der Waals surface area contributed by atoms with Crippen LogP contribution in [-0.2, 0) is 4.79 Å². The molecule has 2 saturated heterocycles. The highest BCUT2D eigenvalue weighted by molar-refractivity contribution is 5.85. The number of carbonyl (C=O) groups excluding carboxylic acids is 1. The molecule has 146 valence electrons. The number of piperazine rings is 1. The molecule has 6 nitrogen and oxygen atoms in total. The highest BCUT2D eigenvalue weighted by Gasteiger charge is 2.33. The van der Waals surface area contributed by atoms with Crippen LogP contribution in [0.5, 0.6) is 11.5 Å². The third-order valence-electron chi connectivity index (χ3n) is 5.35. The van der Waals surface area contributed by atoms with E-state index in [1.54, 1.807) is 14.2 Å². The molecule has 1 amide bonds. The van der Waals surface area contributed by atoms with Crippen LogP contribution in [0.25, 0.3) is 0 Å². The summed E-state index contributed by atoms with van der Waals surface area (Å²) in [6.07, 6.45) is 2.01. The zero-order valence-electron chi connectivity index (χ0n) is 15.9. The van der Waals surface area contributed by atoms with Crippen LogP contribution in [0.1, 0.15) is 31.4 Å². The summed E-state index contributed by atoms with van der Waals surface area (Å²) in [4.78, 5) is 17.3. The Morgan fingerprint density at radius 2 is 2.08 bits per heavy atom. The fourth-order valence-electron chi connectivity index (χ4n) is 3.86. The Bertz CT molecular complexity index is 614. The Kier molecular flexibility index (Phi) is 7.55. The molecule has 2 aliphatic rings. The van der Waals surface area contributed by atoms with Gasteiger partial charge in [-0.1, -0.05) is 0 Å². The number of rotatable bonds is 5. The molecule has 0 aromatic heterocycles. The third kappa shape index (κ3) is 4.42. The van der Waals surface area contributed by atoms with Crippen LogP contribution in [0.3, 0.4) is 0 Å². The Labute approximate surface area is 162 Å². The normalized spacial score (nSPS) is 23.4. The second-order valence-corrected chi connectivity index (χ2v) is 6.88. The van der Waals surface area contributed by atoms with E-state index in [1.807, 2.05) is 23.1 Å². The zero-order valence-corrected chi connectivity index (χ0v) is 16.7.